The Bertz CT molecular complexity index is 2090. The molecule has 232 valence electrons. The number of aromatic nitrogens is 4. The molecule has 3 aromatic heterocycles. The third-order valence-corrected chi connectivity index (χ3v) is 9.28. The van der Waals surface area contributed by atoms with E-state index in [0.29, 0.717) is 17.3 Å². The Balaban J connectivity index is 1.16. The number of pyridine rings is 2. The molecule has 0 radical (unpaired) electrons. The molecule has 0 spiro atoms. The highest BCUT2D eigenvalue weighted by atomic mass is 16.5. The number of rotatable bonds is 8. The molecular weight excluding hydrogens is 578 g/mol. The molecule has 2 N–H and O–H groups in total. The number of nitrogens with zero attached hydrogens (tertiary/aromatic N) is 6. The Labute approximate surface area is 266 Å². The summed E-state index contributed by atoms with van der Waals surface area (Å²) in [5.74, 6) is 1.27. The predicted octanol–water partition coefficient (Wildman–Crippen LogP) is 5.00. The lowest BCUT2D eigenvalue weighted by atomic mass is 9.98. The molecule has 1 unspecified atom stereocenters. The van der Waals surface area contributed by atoms with E-state index in [1.54, 1.807) is 6.20 Å². The van der Waals surface area contributed by atoms with Gasteiger partial charge in [-0.1, -0.05) is 42.5 Å². The van der Waals surface area contributed by atoms with Crippen LogP contribution in [-0.4, -0.2) is 57.7 Å². The molecule has 10 nitrogen and oxygen atoms in total. The number of imidazole rings is 1. The first kappa shape index (κ1) is 29.4. The molecule has 4 heterocycles. The molecule has 0 saturated carbocycles. The van der Waals surface area contributed by atoms with Crippen LogP contribution in [0.15, 0.2) is 94.6 Å². The van der Waals surface area contributed by atoms with E-state index in [1.807, 2.05) is 66.5 Å². The smallest absolute Gasteiger partial charge is 0.272 e. The van der Waals surface area contributed by atoms with Gasteiger partial charge in [0.2, 0.25) is 0 Å². The molecular formula is C36H35N7O3. The van der Waals surface area contributed by atoms with Crippen molar-refractivity contribution in [2.24, 2.45) is 0 Å². The molecule has 10 heteroatoms. The van der Waals surface area contributed by atoms with Crippen molar-refractivity contribution >= 4 is 22.7 Å². The number of nitrogens with two attached hydrogens (primary N) is 1. The second-order valence-corrected chi connectivity index (χ2v) is 11.8. The van der Waals surface area contributed by atoms with Crippen LogP contribution in [0.5, 0.6) is 5.75 Å². The van der Waals surface area contributed by atoms with Crippen LogP contribution in [0.4, 0.5) is 11.5 Å². The number of likely N-dealkylation sites (tertiary alicyclic amines) is 1. The molecule has 1 aliphatic heterocycles. The Kier molecular flexibility index (Phi) is 7.58. The van der Waals surface area contributed by atoms with Gasteiger partial charge in [-0.05, 0) is 61.7 Å². The topological polar surface area (TPSA) is 119 Å². The van der Waals surface area contributed by atoms with Gasteiger partial charge in [0.25, 0.3) is 10.9 Å². The first-order chi connectivity index (χ1) is 22.4. The van der Waals surface area contributed by atoms with Crippen molar-refractivity contribution in [2.75, 3.05) is 37.9 Å². The predicted molar refractivity (Wildman–Crippen MR) is 181 cm³/mol. The van der Waals surface area contributed by atoms with Crippen molar-refractivity contribution < 1.29 is 4.74 Å². The summed E-state index contributed by atoms with van der Waals surface area (Å²) in [7, 11) is 3.32. The number of anilines is 2. The van der Waals surface area contributed by atoms with Crippen LogP contribution in [0.1, 0.15) is 31.4 Å². The molecule has 0 amide bonds. The summed E-state index contributed by atoms with van der Waals surface area (Å²) in [6, 6.07) is 26.8. The fraction of sp³-hybridized carbons (Fsp3) is 0.250. The van der Waals surface area contributed by atoms with Crippen LogP contribution in [0, 0.1) is 0 Å². The lowest BCUT2D eigenvalue weighted by Crippen LogP contribution is -2.48. The van der Waals surface area contributed by atoms with Gasteiger partial charge in [0.1, 0.15) is 17.0 Å². The Morgan fingerprint density at radius 3 is 2.35 bits per heavy atom. The standard InChI is InChI=1S/C36H35N7O3/c1-22(42-20-17-25(18-21-42)41(2)30-31(44)32(45)33(30)46-3)23-11-13-26(14-12-23)43-35(27-10-7-19-38-34(27)37)40-29-16-15-28(39-36(29)43)24-8-5-4-6-9-24/h4-16,19,22,25H,17-18,20-21H2,1-3H3,(H2,37,38). The van der Waals surface area contributed by atoms with Gasteiger partial charge in [-0.25, -0.2) is 15.0 Å². The Morgan fingerprint density at radius 2 is 1.65 bits per heavy atom. The number of hydrogen-bond acceptors (Lipinski definition) is 9. The number of benzene rings is 2. The third-order valence-electron chi connectivity index (χ3n) is 9.28. The highest BCUT2D eigenvalue weighted by Crippen LogP contribution is 2.34. The molecule has 1 atom stereocenters. The zero-order valence-corrected chi connectivity index (χ0v) is 26.1. The summed E-state index contributed by atoms with van der Waals surface area (Å²) in [5, 5.41) is 0. The quantitative estimate of drug-likeness (QED) is 0.237. The van der Waals surface area contributed by atoms with Crippen molar-refractivity contribution in [1.29, 1.82) is 0 Å². The van der Waals surface area contributed by atoms with Crippen LogP contribution in [0.2, 0.25) is 0 Å². The first-order valence-electron chi connectivity index (χ1n) is 15.5. The van der Waals surface area contributed by atoms with Gasteiger partial charge in [-0.15, -0.1) is 0 Å². The molecule has 1 saturated heterocycles. The van der Waals surface area contributed by atoms with E-state index >= 15 is 0 Å². The van der Waals surface area contributed by atoms with Crippen LogP contribution in [0.3, 0.4) is 0 Å². The second kappa shape index (κ2) is 11.9. The highest BCUT2D eigenvalue weighted by Gasteiger charge is 2.32. The van der Waals surface area contributed by atoms with Gasteiger partial charge < -0.3 is 15.4 Å². The molecule has 0 aliphatic carbocycles. The molecule has 6 aromatic rings. The maximum Gasteiger partial charge on any atom is 0.272 e. The van der Waals surface area contributed by atoms with E-state index < -0.39 is 10.9 Å². The number of nitrogen functional groups attached to an aromatic ring is 1. The number of piperidine rings is 1. The lowest BCUT2D eigenvalue weighted by molar-refractivity contribution is 0.161. The van der Waals surface area contributed by atoms with Crippen LogP contribution >= 0.6 is 0 Å². The van der Waals surface area contributed by atoms with Crippen LogP contribution < -0.4 is 26.2 Å². The number of hydrogen-bond donors (Lipinski definition) is 1. The van der Waals surface area contributed by atoms with Crippen molar-refractivity contribution in [3.8, 4) is 34.1 Å². The summed E-state index contributed by atoms with van der Waals surface area (Å²) in [6.07, 6.45) is 3.44. The van der Waals surface area contributed by atoms with E-state index in [0.717, 1.165) is 59.6 Å². The summed E-state index contributed by atoms with van der Waals surface area (Å²) in [4.78, 5) is 42.8. The minimum absolute atomic E-state index is 0.171. The molecule has 1 fully saturated rings. The zero-order chi connectivity index (χ0) is 31.9. The largest absolute Gasteiger partial charge is 0.491 e. The third kappa shape index (κ3) is 5.00. The average molecular weight is 614 g/mol. The van der Waals surface area contributed by atoms with Gasteiger partial charge in [-0.3, -0.25) is 19.1 Å². The second-order valence-electron chi connectivity index (χ2n) is 11.8. The van der Waals surface area contributed by atoms with E-state index in [1.165, 1.54) is 12.7 Å². The number of ether oxygens (including phenoxy) is 1. The van der Waals surface area contributed by atoms with Crippen molar-refractivity contribution in [1.82, 2.24) is 24.4 Å². The normalized spacial score (nSPS) is 14.9. The van der Waals surface area contributed by atoms with E-state index in [2.05, 4.69) is 45.6 Å². The summed E-state index contributed by atoms with van der Waals surface area (Å²) in [6.45, 7) is 3.97. The summed E-state index contributed by atoms with van der Waals surface area (Å²) < 4.78 is 7.23. The van der Waals surface area contributed by atoms with Crippen molar-refractivity contribution in [3.63, 3.8) is 0 Å². The Hall–Kier alpha value is -5.35. The number of methoxy groups -OCH3 is 1. The minimum atomic E-state index is -0.536. The van der Waals surface area contributed by atoms with Gasteiger partial charge in [0.05, 0.1) is 18.4 Å². The fourth-order valence-corrected chi connectivity index (χ4v) is 6.58. The van der Waals surface area contributed by atoms with Gasteiger partial charge in [0, 0.05) is 49.7 Å². The van der Waals surface area contributed by atoms with Gasteiger partial charge >= 0.3 is 0 Å². The van der Waals surface area contributed by atoms with E-state index in [-0.39, 0.29) is 17.8 Å². The van der Waals surface area contributed by atoms with E-state index in [4.69, 9.17) is 20.4 Å². The minimum Gasteiger partial charge on any atom is -0.491 e. The molecule has 0 bridgehead atoms. The zero-order valence-electron chi connectivity index (χ0n) is 26.1. The van der Waals surface area contributed by atoms with Crippen LogP contribution in [-0.2, 0) is 0 Å². The fourth-order valence-electron chi connectivity index (χ4n) is 6.58. The number of fused-ring (bicyclic) bond motifs is 1. The summed E-state index contributed by atoms with van der Waals surface area (Å²) in [5.41, 5.74) is 12.0. The molecule has 7 rings (SSSR count). The average Bonchev–Trinajstić information content (AvgIpc) is 3.48. The first-order valence-corrected chi connectivity index (χ1v) is 15.5. The monoisotopic (exact) mass is 613 g/mol. The lowest BCUT2D eigenvalue weighted by Gasteiger charge is -2.40. The maximum atomic E-state index is 12.2. The SMILES string of the molecule is COc1c(N(C)C2CCN(C(C)c3ccc(-n4c(-c5cccnc5N)nc5ccc(-c6ccccc6)nc54)cc3)CC2)c(=O)c1=O. The van der Waals surface area contributed by atoms with Crippen molar-refractivity contribution in [3.05, 3.63) is 111 Å². The highest BCUT2D eigenvalue weighted by molar-refractivity contribution is 5.84. The van der Waals surface area contributed by atoms with Crippen molar-refractivity contribution in [2.45, 2.75) is 31.8 Å². The van der Waals surface area contributed by atoms with Crippen LogP contribution in [0.25, 0.3) is 39.5 Å². The Morgan fingerprint density at radius 1 is 0.913 bits per heavy atom. The maximum absolute atomic E-state index is 12.2. The summed E-state index contributed by atoms with van der Waals surface area (Å²) >= 11 is 0. The molecule has 46 heavy (non-hydrogen) atoms. The molecule has 3 aromatic carbocycles. The van der Waals surface area contributed by atoms with Gasteiger partial charge in [0.15, 0.2) is 17.2 Å². The van der Waals surface area contributed by atoms with E-state index in [9.17, 15) is 9.59 Å². The van der Waals surface area contributed by atoms with Gasteiger partial charge in [-0.2, -0.15) is 0 Å². The molecule has 1 aliphatic rings.